The third kappa shape index (κ3) is 1050. The minimum atomic E-state index is -1.83. The fourth-order valence-corrected chi connectivity index (χ4v) is 0. The van der Waals surface area contributed by atoms with E-state index >= 15 is 0 Å². The summed E-state index contributed by atoms with van der Waals surface area (Å²) in [6.45, 7) is 0. The molecule has 0 saturated heterocycles. The molecule has 9 nitrogen and oxygen atoms in total. The quantitative estimate of drug-likeness (QED) is 0.323. The van der Waals surface area contributed by atoms with Crippen LogP contribution in [0.4, 0.5) is 14.4 Å². The van der Waals surface area contributed by atoms with Gasteiger partial charge in [-0.25, -0.2) is 14.4 Å². The van der Waals surface area contributed by atoms with Crippen LogP contribution in [0.5, 0.6) is 0 Å². The van der Waals surface area contributed by atoms with Gasteiger partial charge in [-0.05, 0) is 0 Å². The monoisotopic (exact) mass is 228 g/mol. The van der Waals surface area contributed by atoms with E-state index < -0.39 is 18.5 Å². The molecule has 0 radical (unpaired) electrons. The zero-order valence-corrected chi connectivity index (χ0v) is 8.32. The van der Waals surface area contributed by atoms with Crippen molar-refractivity contribution in [1.29, 1.82) is 0 Å². The Bertz CT molecular complexity index is 121. The molecular weight excluding hydrogens is 220 g/mol. The fourth-order valence-electron chi connectivity index (χ4n) is 0. The topological polar surface area (TPSA) is 173 Å². The maximum atomic E-state index is 8.56. The summed E-state index contributed by atoms with van der Waals surface area (Å²) in [5.41, 5.74) is 0. The molecule has 6 N–H and O–H groups in total. The van der Waals surface area contributed by atoms with Crippen molar-refractivity contribution in [1.82, 2.24) is 0 Å². The minimum absolute atomic E-state index is 0. The van der Waals surface area contributed by atoms with Crippen LogP contribution in [0.15, 0.2) is 0 Å². The van der Waals surface area contributed by atoms with Crippen LogP contribution in [0.2, 0.25) is 0 Å². The first-order valence-corrected chi connectivity index (χ1v) is 1.95. The van der Waals surface area contributed by atoms with Crippen molar-refractivity contribution in [3.05, 3.63) is 0 Å². The van der Waals surface area contributed by atoms with Crippen molar-refractivity contribution < 1.29 is 47.9 Å². The van der Waals surface area contributed by atoms with E-state index in [1.165, 1.54) is 0 Å². The van der Waals surface area contributed by atoms with E-state index in [1.54, 1.807) is 0 Å². The summed E-state index contributed by atoms with van der Waals surface area (Å²) in [6, 6.07) is 0. The molecule has 10 heteroatoms. The van der Waals surface area contributed by atoms with Gasteiger partial charge in [0.25, 0.3) is 0 Å². The molecule has 0 aliphatic heterocycles. The van der Waals surface area contributed by atoms with Gasteiger partial charge in [0.2, 0.25) is 0 Å². The molecule has 0 aromatic heterocycles. The Morgan fingerprint density at radius 3 is 0.615 bits per heavy atom. The molecule has 0 aromatic carbocycles. The minimum Gasteiger partial charge on any atom is -1.00 e. The summed E-state index contributed by atoms with van der Waals surface area (Å²) in [5.74, 6) is 0. The van der Waals surface area contributed by atoms with E-state index in [9.17, 15) is 0 Å². The summed E-state index contributed by atoms with van der Waals surface area (Å²) in [6.07, 6.45) is -5.50. The van der Waals surface area contributed by atoms with Gasteiger partial charge in [0.05, 0.1) is 0 Å². The molecule has 0 atom stereocenters. The molecule has 0 heterocycles. The second-order valence-corrected chi connectivity index (χ2v) is 0.848. The molecular formula is C3H8CaO9. The average molecular weight is 228 g/mol. The Morgan fingerprint density at radius 1 is 0.615 bits per heavy atom. The normalized spacial score (nSPS) is 5.54. The van der Waals surface area contributed by atoms with Gasteiger partial charge in [-0.2, -0.15) is 0 Å². The van der Waals surface area contributed by atoms with Crippen molar-refractivity contribution in [3.63, 3.8) is 0 Å². The maximum Gasteiger partial charge on any atom is 2.00 e. The Balaban J connectivity index is -0.0000000184. The van der Waals surface area contributed by atoms with Gasteiger partial charge in [0.15, 0.2) is 0 Å². The second-order valence-electron chi connectivity index (χ2n) is 0.848. The molecule has 0 unspecified atom stereocenters. The Kier molecular flexibility index (Phi) is 30.1. The molecule has 0 aliphatic carbocycles. The van der Waals surface area contributed by atoms with Crippen molar-refractivity contribution in [2.24, 2.45) is 0 Å². The van der Waals surface area contributed by atoms with E-state index in [0.29, 0.717) is 0 Å². The van der Waals surface area contributed by atoms with Crippen LogP contribution in [0.25, 0.3) is 0 Å². The smallest absolute Gasteiger partial charge is 1.00 e. The van der Waals surface area contributed by atoms with E-state index in [2.05, 4.69) is 0 Å². The van der Waals surface area contributed by atoms with Crippen LogP contribution in [0.3, 0.4) is 0 Å². The first kappa shape index (κ1) is 22.7. The number of rotatable bonds is 0. The van der Waals surface area contributed by atoms with Crippen LogP contribution in [-0.4, -0.2) is 86.8 Å². The molecule has 0 bridgehead atoms. The molecule has 0 fully saturated rings. The molecule has 0 rings (SSSR count). The predicted octanol–water partition coefficient (Wildman–Crippen LogP) is 0.511. The van der Waals surface area contributed by atoms with Crippen LogP contribution in [0.1, 0.15) is 2.85 Å². The standard InChI is InChI=1S/3CH2O3.Ca.2H/c3*2-1(3)4;;;/h3*(H2,2,3,4);;;/q;;;+2;2*-1. The predicted molar refractivity (Wildman–Crippen MR) is 39.9 cm³/mol. The Morgan fingerprint density at radius 2 is 0.615 bits per heavy atom. The van der Waals surface area contributed by atoms with Gasteiger partial charge in [0, 0.05) is 0 Å². The number of hydrogen-bond donors (Lipinski definition) is 6. The molecule has 0 spiro atoms. The largest absolute Gasteiger partial charge is 2.00 e. The number of carbonyl (C=O) groups is 3. The van der Waals surface area contributed by atoms with Crippen molar-refractivity contribution in [2.75, 3.05) is 0 Å². The maximum absolute atomic E-state index is 8.56. The first-order valence-electron chi connectivity index (χ1n) is 1.95. The Labute approximate surface area is 104 Å². The van der Waals surface area contributed by atoms with Crippen molar-refractivity contribution >= 4 is 56.2 Å². The van der Waals surface area contributed by atoms with Gasteiger partial charge in [0.1, 0.15) is 0 Å². The van der Waals surface area contributed by atoms with Gasteiger partial charge < -0.3 is 33.5 Å². The molecule has 0 aromatic rings. The van der Waals surface area contributed by atoms with Gasteiger partial charge >= 0.3 is 56.2 Å². The summed E-state index contributed by atoms with van der Waals surface area (Å²) in [4.78, 5) is 25.7. The van der Waals surface area contributed by atoms with Crippen LogP contribution < -0.4 is 0 Å². The fraction of sp³-hybridized carbons (Fsp3) is 0. The second kappa shape index (κ2) is 17.2. The summed E-state index contributed by atoms with van der Waals surface area (Å²) in [7, 11) is 0. The van der Waals surface area contributed by atoms with Crippen molar-refractivity contribution in [3.8, 4) is 0 Å². The van der Waals surface area contributed by atoms with Crippen LogP contribution in [0, 0.1) is 0 Å². The zero-order valence-electron chi connectivity index (χ0n) is 8.12. The van der Waals surface area contributed by atoms with Gasteiger partial charge in [-0.1, -0.05) is 0 Å². The van der Waals surface area contributed by atoms with E-state index in [4.69, 9.17) is 45.0 Å². The van der Waals surface area contributed by atoms with Crippen LogP contribution in [-0.2, 0) is 0 Å². The number of carboxylic acid groups (broad SMARTS) is 6. The van der Waals surface area contributed by atoms with Gasteiger partial charge in [-0.3, -0.25) is 0 Å². The van der Waals surface area contributed by atoms with Crippen molar-refractivity contribution in [2.45, 2.75) is 0 Å². The first-order chi connectivity index (χ1) is 5.20. The zero-order chi connectivity index (χ0) is 10.7. The summed E-state index contributed by atoms with van der Waals surface area (Å²) < 4.78 is 0. The third-order valence-corrected chi connectivity index (χ3v) is 0. The number of hydrogen-bond acceptors (Lipinski definition) is 3. The average Bonchev–Trinajstić information content (AvgIpc) is 1.54. The summed E-state index contributed by atoms with van der Waals surface area (Å²) >= 11 is 0. The van der Waals surface area contributed by atoms with E-state index in [1.807, 2.05) is 0 Å². The van der Waals surface area contributed by atoms with E-state index in [-0.39, 0.29) is 40.6 Å². The van der Waals surface area contributed by atoms with Crippen LogP contribution >= 0.6 is 0 Å². The van der Waals surface area contributed by atoms with E-state index in [0.717, 1.165) is 0 Å². The molecule has 0 saturated carbocycles. The summed E-state index contributed by atoms with van der Waals surface area (Å²) in [5, 5.41) is 41.8. The SMILES string of the molecule is O=C(O)O.O=C(O)O.O=C(O)O.[Ca+2].[H-].[H-]. The Hall–Kier alpha value is -0.930. The molecule has 13 heavy (non-hydrogen) atoms. The molecule has 0 aliphatic rings. The molecule has 76 valence electrons. The third-order valence-electron chi connectivity index (χ3n) is 0. The van der Waals surface area contributed by atoms with Gasteiger partial charge in [-0.15, -0.1) is 0 Å². The molecule has 0 amide bonds.